The maximum Gasteiger partial charge on any atom is 0.305 e. The molecule has 0 aliphatic carbocycles. The summed E-state index contributed by atoms with van der Waals surface area (Å²) in [6.45, 7) is 7.03. The highest BCUT2D eigenvalue weighted by molar-refractivity contribution is 9.08. The van der Waals surface area contributed by atoms with Gasteiger partial charge in [0.2, 0.25) is 5.91 Å². The van der Waals surface area contributed by atoms with E-state index in [-0.39, 0.29) is 11.9 Å². The Morgan fingerprint density at radius 3 is 2.60 bits per heavy atom. The first-order valence-corrected chi connectivity index (χ1v) is 10.2. The summed E-state index contributed by atoms with van der Waals surface area (Å²) in [6.07, 6.45) is 4.28. The van der Waals surface area contributed by atoms with Crippen molar-refractivity contribution in [2.24, 2.45) is 0 Å². The van der Waals surface area contributed by atoms with Gasteiger partial charge in [-0.1, -0.05) is 40.9 Å². The summed E-state index contributed by atoms with van der Waals surface area (Å²) in [5.74, 6) is 0.0672. The van der Waals surface area contributed by atoms with E-state index in [2.05, 4.69) is 28.1 Å². The number of hydrogen-bond donors (Lipinski definition) is 0. The number of amides is 1. The minimum absolute atomic E-state index is 0.116. The van der Waals surface area contributed by atoms with Gasteiger partial charge in [-0.25, -0.2) is 0 Å². The number of hydrogen-bond acceptors (Lipinski definition) is 3. The summed E-state index contributed by atoms with van der Waals surface area (Å²) in [5, 5.41) is 0.759. The Labute approximate surface area is 159 Å². The molecule has 0 atom stereocenters. The van der Waals surface area contributed by atoms with Gasteiger partial charge in [0.25, 0.3) is 0 Å². The summed E-state index contributed by atoms with van der Waals surface area (Å²) in [4.78, 5) is 26.1. The number of ether oxygens (including phenoxy) is 1. The van der Waals surface area contributed by atoms with Gasteiger partial charge in [0, 0.05) is 24.0 Å². The quantitative estimate of drug-likeness (QED) is 0.336. The number of anilines is 1. The summed E-state index contributed by atoms with van der Waals surface area (Å²) in [6, 6.07) is 6.16. The summed E-state index contributed by atoms with van der Waals surface area (Å²) >= 11 is 3.54. The van der Waals surface area contributed by atoms with Gasteiger partial charge in [-0.05, 0) is 50.8 Å². The molecule has 0 aromatic heterocycles. The number of carbonyl (C=O) groups excluding carboxylic acids is 2. The lowest BCUT2D eigenvalue weighted by Gasteiger charge is -2.20. The molecule has 1 aliphatic heterocycles. The van der Waals surface area contributed by atoms with Crippen molar-refractivity contribution < 1.29 is 14.3 Å². The average molecular weight is 410 g/mol. The predicted molar refractivity (Wildman–Crippen MR) is 104 cm³/mol. The molecule has 0 saturated heterocycles. The van der Waals surface area contributed by atoms with Crippen LogP contribution in [0, 0.1) is 0 Å². The number of rotatable bonds is 9. The van der Waals surface area contributed by atoms with Crippen LogP contribution in [0.3, 0.4) is 0 Å². The van der Waals surface area contributed by atoms with E-state index >= 15 is 0 Å². The number of fused-ring (bicyclic) bond motifs is 1. The van der Waals surface area contributed by atoms with Crippen molar-refractivity contribution in [3.05, 3.63) is 29.3 Å². The van der Waals surface area contributed by atoms with E-state index in [1.54, 1.807) is 0 Å². The monoisotopic (exact) mass is 409 g/mol. The van der Waals surface area contributed by atoms with Crippen LogP contribution in [0.5, 0.6) is 0 Å². The molecular weight excluding hydrogens is 382 g/mol. The van der Waals surface area contributed by atoms with E-state index in [1.807, 2.05) is 31.7 Å². The molecule has 5 heteroatoms. The van der Waals surface area contributed by atoms with E-state index in [1.165, 1.54) is 5.56 Å². The van der Waals surface area contributed by atoms with Crippen LogP contribution in [0.2, 0.25) is 0 Å². The van der Waals surface area contributed by atoms with Crippen LogP contribution >= 0.6 is 15.9 Å². The van der Waals surface area contributed by atoms with Gasteiger partial charge in [-0.3, -0.25) is 9.59 Å². The zero-order valence-electron chi connectivity index (χ0n) is 15.4. The highest BCUT2D eigenvalue weighted by Crippen LogP contribution is 2.44. The normalized spacial score (nSPS) is 15.4. The second kappa shape index (κ2) is 8.84. The lowest BCUT2D eigenvalue weighted by molar-refractivity contribution is -0.143. The fourth-order valence-corrected chi connectivity index (χ4v) is 4.01. The molecule has 0 N–H and O–H groups in total. The number of benzene rings is 1. The summed E-state index contributed by atoms with van der Waals surface area (Å²) < 4.78 is 4.93. The van der Waals surface area contributed by atoms with Gasteiger partial charge in [-0.2, -0.15) is 0 Å². The van der Waals surface area contributed by atoms with Crippen molar-refractivity contribution >= 4 is 33.5 Å². The smallest absolute Gasteiger partial charge is 0.305 e. The molecule has 1 aromatic carbocycles. The molecule has 0 bridgehead atoms. The molecule has 0 spiro atoms. The zero-order chi connectivity index (χ0) is 18.4. The minimum Gasteiger partial charge on any atom is -0.466 e. The highest BCUT2D eigenvalue weighted by Gasteiger charge is 2.44. The predicted octanol–water partition coefficient (Wildman–Crippen LogP) is 4.72. The molecular formula is C20H28BrNO3. The van der Waals surface area contributed by atoms with Gasteiger partial charge >= 0.3 is 5.97 Å². The average Bonchev–Trinajstić information content (AvgIpc) is 2.78. The Hall–Kier alpha value is -1.36. The number of carbonyl (C=O) groups is 2. The second-order valence-electron chi connectivity index (χ2n) is 7.00. The zero-order valence-corrected chi connectivity index (χ0v) is 17.0. The van der Waals surface area contributed by atoms with Crippen LogP contribution in [0.4, 0.5) is 5.69 Å². The Kier molecular flexibility index (Phi) is 7.05. The molecule has 0 radical (unpaired) electrons. The highest BCUT2D eigenvalue weighted by atomic mass is 79.9. The number of alkyl halides is 1. The van der Waals surface area contributed by atoms with Gasteiger partial charge < -0.3 is 9.64 Å². The standard InChI is InChI=1S/C20H28BrNO3/c1-4-25-17(23)12-7-5-6-8-13-22-16-11-9-10-15(14-21)18(16)20(2,3)19(22)24/h9-11H,4-8,12-14H2,1-3H3. The van der Waals surface area contributed by atoms with Crippen molar-refractivity contribution in [2.75, 3.05) is 18.1 Å². The fourth-order valence-electron chi connectivity index (χ4n) is 3.55. The molecule has 2 rings (SSSR count). The van der Waals surface area contributed by atoms with Gasteiger partial charge in [0.15, 0.2) is 0 Å². The Morgan fingerprint density at radius 1 is 1.20 bits per heavy atom. The summed E-state index contributed by atoms with van der Waals surface area (Å²) in [5.41, 5.74) is 2.93. The van der Waals surface area contributed by atoms with Gasteiger partial charge in [0.05, 0.1) is 12.0 Å². The lowest BCUT2D eigenvalue weighted by atomic mass is 9.83. The van der Waals surface area contributed by atoms with Crippen molar-refractivity contribution in [3.8, 4) is 0 Å². The first-order chi connectivity index (χ1) is 11.9. The van der Waals surface area contributed by atoms with Crippen molar-refractivity contribution in [1.82, 2.24) is 0 Å². The van der Waals surface area contributed by atoms with Crippen LogP contribution in [0.1, 0.15) is 64.0 Å². The topological polar surface area (TPSA) is 46.6 Å². The number of esters is 1. The van der Waals surface area contributed by atoms with Crippen LogP contribution in [-0.4, -0.2) is 25.0 Å². The Morgan fingerprint density at radius 2 is 1.92 bits per heavy atom. The van der Waals surface area contributed by atoms with E-state index in [9.17, 15) is 9.59 Å². The third kappa shape index (κ3) is 4.43. The molecule has 0 fully saturated rings. The lowest BCUT2D eigenvalue weighted by Crippen LogP contribution is -2.36. The van der Waals surface area contributed by atoms with E-state index in [0.717, 1.165) is 48.8 Å². The molecule has 0 unspecified atom stereocenters. The molecule has 1 aromatic rings. The van der Waals surface area contributed by atoms with Gasteiger partial charge in [-0.15, -0.1) is 0 Å². The number of unbranched alkanes of at least 4 members (excludes halogenated alkanes) is 3. The van der Waals surface area contributed by atoms with Crippen molar-refractivity contribution in [3.63, 3.8) is 0 Å². The second-order valence-corrected chi connectivity index (χ2v) is 7.56. The molecule has 25 heavy (non-hydrogen) atoms. The first-order valence-electron chi connectivity index (χ1n) is 9.09. The van der Waals surface area contributed by atoms with Crippen molar-refractivity contribution in [1.29, 1.82) is 0 Å². The number of halogens is 1. The first kappa shape index (κ1) is 20.0. The summed E-state index contributed by atoms with van der Waals surface area (Å²) in [7, 11) is 0. The SMILES string of the molecule is CCOC(=O)CCCCCCN1C(=O)C(C)(C)c2c(CBr)cccc21. The van der Waals surface area contributed by atoms with Gasteiger partial charge in [0.1, 0.15) is 0 Å². The minimum atomic E-state index is -0.469. The Balaban J connectivity index is 1.90. The largest absolute Gasteiger partial charge is 0.466 e. The number of nitrogens with zero attached hydrogens (tertiary/aromatic N) is 1. The molecule has 138 valence electrons. The third-order valence-electron chi connectivity index (χ3n) is 4.79. The molecule has 1 amide bonds. The van der Waals surface area contributed by atoms with E-state index in [4.69, 9.17) is 4.74 Å². The maximum absolute atomic E-state index is 12.9. The van der Waals surface area contributed by atoms with Crippen LogP contribution in [0.15, 0.2) is 18.2 Å². The molecule has 0 saturated carbocycles. The molecule has 1 aliphatic rings. The van der Waals surface area contributed by atoms with E-state index in [0.29, 0.717) is 13.0 Å². The van der Waals surface area contributed by atoms with E-state index < -0.39 is 5.41 Å². The fraction of sp³-hybridized carbons (Fsp3) is 0.600. The third-order valence-corrected chi connectivity index (χ3v) is 5.39. The molecule has 1 heterocycles. The van der Waals surface area contributed by atoms with Crippen molar-refractivity contribution in [2.45, 2.75) is 63.6 Å². The molecule has 4 nitrogen and oxygen atoms in total. The van der Waals surface area contributed by atoms with Crippen LogP contribution in [-0.2, 0) is 25.1 Å². The van der Waals surface area contributed by atoms with Crippen LogP contribution < -0.4 is 4.90 Å². The Bertz CT molecular complexity index is 627. The maximum atomic E-state index is 12.9. The van der Waals surface area contributed by atoms with Crippen LogP contribution in [0.25, 0.3) is 0 Å².